The van der Waals surface area contributed by atoms with Gasteiger partial charge in [0.15, 0.2) is 11.6 Å². The summed E-state index contributed by atoms with van der Waals surface area (Å²) < 4.78 is 29.3. The lowest BCUT2D eigenvalue weighted by Gasteiger charge is -2.14. The number of rotatable bonds is 4. The van der Waals surface area contributed by atoms with Crippen LogP contribution in [0.1, 0.15) is 38.5 Å². The Bertz CT molecular complexity index is 766. The third-order valence-electron chi connectivity index (χ3n) is 4.60. The molecule has 7 heteroatoms. The van der Waals surface area contributed by atoms with Gasteiger partial charge < -0.3 is 10.1 Å². The summed E-state index contributed by atoms with van der Waals surface area (Å²) in [4.78, 5) is 13.1. The van der Waals surface area contributed by atoms with E-state index in [4.69, 9.17) is 5.14 Å². The number of anilines is 1. The Balaban J connectivity index is 0.000000237. The molecule has 0 heterocycles. The van der Waals surface area contributed by atoms with Crippen LogP contribution in [0, 0.1) is 17.6 Å². The molecule has 1 amide bonds. The minimum Gasteiger partial charge on any atom is -0.494 e. The second-order valence-electron chi connectivity index (χ2n) is 6.58. The summed E-state index contributed by atoms with van der Waals surface area (Å²) in [6.45, 7) is 0. The van der Waals surface area contributed by atoms with Crippen molar-refractivity contribution in [2.45, 2.75) is 43.4 Å². The first-order chi connectivity index (χ1) is 13.5. The standard InChI is InChI=1S/C14H20N2OS.C7H6F2O/c15-18-13-9-5-8-12(10-13)16-14(17)11-6-3-1-2-4-7-11;1-10-6-4-2-3-5(8)7(6)9/h5,8-11H,1-4,6-7,15H2,(H,16,17);2-4H,1H3. The number of carbonyl (C=O) groups excluding carboxylic acids is 1. The molecule has 1 saturated carbocycles. The van der Waals surface area contributed by atoms with E-state index in [0.29, 0.717) is 0 Å². The van der Waals surface area contributed by atoms with Crippen molar-refractivity contribution < 1.29 is 18.3 Å². The van der Waals surface area contributed by atoms with Gasteiger partial charge in [-0.1, -0.05) is 37.8 Å². The number of benzene rings is 2. The Morgan fingerprint density at radius 3 is 2.39 bits per heavy atom. The van der Waals surface area contributed by atoms with Crippen molar-refractivity contribution in [1.29, 1.82) is 0 Å². The van der Waals surface area contributed by atoms with Gasteiger partial charge in [0, 0.05) is 16.5 Å². The van der Waals surface area contributed by atoms with Gasteiger partial charge in [0.25, 0.3) is 0 Å². The van der Waals surface area contributed by atoms with Gasteiger partial charge in [0.2, 0.25) is 11.7 Å². The largest absolute Gasteiger partial charge is 0.494 e. The average molecular weight is 409 g/mol. The van der Waals surface area contributed by atoms with E-state index in [1.54, 1.807) is 0 Å². The highest BCUT2D eigenvalue weighted by Gasteiger charge is 2.19. The highest BCUT2D eigenvalue weighted by atomic mass is 32.2. The van der Waals surface area contributed by atoms with Crippen LogP contribution in [0.2, 0.25) is 0 Å². The van der Waals surface area contributed by atoms with E-state index >= 15 is 0 Å². The summed E-state index contributed by atoms with van der Waals surface area (Å²) in [6.07, 6.45) is 6.94. The molecule has 0 bridgehead atoms. The normalized spacial score (nSPS) is 14.4. The first-order valence-electron chi connectivity index (χ1n) is 9.30. The van der Waals surface area contributed by atoms with Crippen LogP contribution in [0.15, 0.2) is 47.4 Å². The van der Waals surface area contributed by atoms with Crippen molar-refractivity contribution in [3.8, 4) is 5.75 Å². The molecular weight excluding hydrogens is 382 g/mol. The van der Waals surface area contributed by atoms with Gasteiger partial charge in [0.1, 0.15) is 0 Å². The van der Waals surface area contributed by atoms with Crippen LogP contribution in [0.25, 0.3) is 0 Å². The molecule has 2 aromatic carbocycles. The van der Waals surface area contributed by atoms with E-state index in [0.717, 1.165) is 29.5 Å². The predicted octanol–water partition coefficient (Wildman–Crippen LogP) is 5.53. The second kappa shape index (κ2) is 11.7. The van der Waals surface area contributed by atoms with Gasteiger partial charge in [-0.15, -0.1) is 0 Å². The van der Waals surface area contributed by atoms with Crippen molar-refractivity contribution in [2.75, 3.05) is 12.4 Å². The van der Waals surface area contributed by atoms with Crippen molar-refractivity contribution in [1.82, 2.24) is 0 Å². The minimum absolute atomic E-state index is 0.0694. The monoisotopic (exact) mass is 408 g/mol. The molecule has 0 aromatic heterocycles. The van der Waals surface area contributed by atoms with Gasteiger partial charge in [-0.2, -0.15) is 4.39 Å². The van der Waals surface area contributed by atoms with E-state index in [9.17, 15) is 13.6 Å². The Labute approximate surface area is 169 Å². The van der Waals surface area contributed by atoms with Gasteiger partial charge in [-0.25, -0.2) is 4.39 Å². The topological polar surface area (TPSA) is 64.3 Å². The van der Waals surface area contributed by atoms with Gasteiger partial charge in [0.05, 0.1) is 7.11 Å². The summed E-state index contributed by atoms with van der Waals surface area (Å²) in [5.41, 5.74) is 0.847. The quantitative estimate of drug-likeness (QED) is 0.515. The number of methoxy groups -OCH3 is 1. The predicted molar refractivity (Wildman–Crippen MR) is 109 cm³/mol. The molecule has 1 aliphatic rings. The lowest BCUT2D eigenvalue weighted by Crippen LogP contribution is -2.22. The maximum atomic E-state index is 12.5. The SMILES string of the molecule is COc1cccc(F)c1F.NSc1cccc(NC(=O)C2CCCCCC2)c1. The molecule has 0 radical (unpaired) electrons. The summed E-state index contributed by atoms with van der Waals surface area (Å²) in [7, 11) is 1.29. The van der Waals surface area contributed by atoms with E-state index < -0.39 is 11.6 Å². The van der Waals surface area contributed by atoms with Crippen LogP contribution < -0.4 is 15.2 Å². The maximum absolute atomic E-state index is 12.5. The molecule has 152 valence electrons. The van der Waals surface area contributed by atoms with E-state index in [1.165, 1.54) is 56.9 Å². The van der Waals surface area contributed by atoms with Crippen LogP contribution in [0.5, 0.6) is 5.75 Å². The molecule has 3 rings (SSSR count). The van der Waals surface area contributed by atoms with Crippen molar-refractivity contribution in [2.24, 2.45) is 11.1 Å². The van der Waals surface area contributed by atoms with Crippen molar-refractivity contribution in [3.05, 3.63) is 54.1 Å². The lowest BCUT2D eigenvalue weighted by atomic mass is 9.99. The smallest absolute Gasteiger partial charge is 0.227 e. The Morgan fingerprint density at radius 1 is 1.11 bits per heavy atom. The number of hydrogen-bond acceptors (Lipinski definition) is 4. The number of hydrogen-bond donors (Lipinski definition) is 2. The Kier molecular flexibility index (Phi) is 9.23. The summed E-state index contributed by atoms with van der Waals surface area (Å²) >= 11 is 1.20. The number of nitrogens with two attached hydrogens (primary N) is 1. The van der Waals surface area contributed by atoms with Gasteiger partial charge >= 0.3 is 0 Å². The molecule has 0 atom stereocenters. The second-order valence-corrected chi connectivity index (χ2v) is 7.29. The Morgan fingerprint density at radius 2 is 1.79 bits per heavy atom. The van der Waals surface area contributed by atoms with Gasteiger partial charge in [-0.3, -0.25) is 9.93 Å². The molecule has 0 aliphatic heterocycles. The fourth-order valence-electron chi connectivity index (χ4n) is 3.07. The zero-order valence-corrected chi connectivity index (χ0v) is 16.7. The molecular formula is C21H26F2N2O2S. The Hall–Kier alpha value is -2.12. The molecule has 1 aliphatic carbocycles. The molecule has 1 fully saturated rings. The third-order valence-corrected chi connectivity index (χ3v) is 5.13. The van der Waals surface area contributed by atoms with Gasteiger partial charge in [-0.05, 0) is 55.1 Å². The van der Waals surface area contributed by atoms with Crippen LogP contribution >= 0.6 is 11.9 Å². The van der Waals surface area contributed by atoms with Crippen LogP contribution in [0.3, 0.4) is 0 Å². The van der Waals surface area contributed by atoms with E-state index in [1.807, 2.05) is 24.3 Å². The van der Waals surface area contributed by atoms with Crippen molar-refractivity contribution >= 4 is 23.5 Å². The molecule has 0 unspecified atom stereocenters. The fraction of sp³-hybridized carbons (Fsp3) is 0.381. The zero-order valence-electron chi connectivity index (χ0n) is 15.9. The minimum atomic E-state index is -0.940. The zero-order chi connectivity index (χ0) is 20.4. The third kappa shape index (κ3) is 6.80. The maximum Gasteiger partial charge on any atom is 0.227 e. The highest BCUT2D eigenvalue weighted by Crippen LogP contribution is 2.25. The van der Waals surface area contributed by atoms with E-state index in [-0.39, 0.29) is 17.6 Å². The fourth-order valence-corrected chi connectivity index (χ4v) is 3.43. The molecule has 0 spiro atoms. The van der Waals surface area contributed by atoms with Crippen LogP contribution in [-0.4, -0.2) is 13.0 Å². The number of carbonyl (C=O) groups is 1. The first kappa shape index (κ1) is 22.2. The van der Waals surface area contributed by atoms with E-state index in [2.05, 4.69) is 10.1 Å². The average Bonchev–Trinajstić information content (AvgIpc) is 3.00. The highest BCUT2D eigenvalue weighted by molar-refractivity contribution is 7.97. The molecule has 4 nitrogen and oxygen atoms in total. The molecule has 28 heavy (non-hydrogen) atoms. The number of ether oxygens (including phenoxy) is 1. The molecule has 0 saturated heterocycles. The number of halogens is 2. The molecule has 3 N–H and O–H groups in total. The summed E-state index contributed by atoms with van der Waals surface area (Å²) in [5.74, 6) is -1.55. The first-order valence-corrected chi connectivity index (χ1v) is 10.2. The lowest BCUT2D eigenvalue weighted by molar-refractivity contribution is -0.120. The summed E-state index contributed by atoms with van der Waals surface area (Å²) in [6, 6.07) is 11.5. The molecule has 2 aromatic rings. The van der Waals surface area contributed by atoms with Crippen molar-refractivity contribution in [3.63, 3.8) is 0 Å². The number of amides is 1. The number of nitrogens with one attached hydrogen (secondary N) is 1. The van der Waals surface area contributed by atoms with Crippen LogP contribution in [0.4, 0.5) is 14.5 Å². The summed E-state index contributed by atoms with van der Waals surface area (Å²) in [5, 5.41) is 8.52. The van der Waals surface area contributed by atoms with Crippen LogP contribution in [-0.2, 0) is 4.79 Å².